The molecule has 2 amide bonds. The molecule has 7 heteroatoms. The van der Waals surface area contributed by atoms with E-state index in [2.05, 4.69) is 34.9 Å². The number of aliphatic hydroxyl groups excluding tert-OH is 1. The van der Waals surface area contributed by atoms with Crippen molar-refractivity contribution in [3.05, 3.63) is 70.8 Å². The Labute approximate surface area is 188 Å². The van der Waals surface area contributed by atoms with Crippen LogP contribution in [0.4, 0.5) is 0 Å². The number of ether oxygens (including phenoxy) is 1. The predicted molar refractivity (Wildman–Crippen MR) is 122 cm³/mol. The van der Waals surface area contributed by atoms with Crippen LogP contribution in [0.1, 0.15) is 27.0 Å². The summed E-state index contributed by atoms with van der Waals surface area (Å²) >= 11 is 0. The third kappa shape index (κ3) is 5.94. The van der Waals surface area contributed by atoms with E-state index in [4.69, 9.17) is 4.74 Å². The first kappa shape index (κ1) is 22.5. The van der Waals surface area contributed by atoms with Gasteiger partial charge >= 0.3 is 0 Å². The molecule has 1 saturated heterocycles. The number of nitrogens with zero attached hydrogens (tertiary/aromatic N) is 1. The van der Waals surface area contributed by atoms with Crippen LogP contribution in [0.2, 0.25) is 0 Å². The van der Waals surface area contributed by atoms with Crippen molar-refractivity contribution in [2.24, 2.45) is 0 Å². The van der Waals surface area contributed by atoms with Gasteiger partial charge in [0.15, 0.2) is 0 Å². The predicted octanol–water partition coefficient (Wildman–Crippen LogP) is 0.936. The largest absolute Gasteiger partial charge is 0.390 e. The molecule has 1 fully saturated rings. The summed E-state index contributed by atoms with van der Waals surface area (Å²) < 4.78 is 5.28. The lowest BCUT2D eigenvalue weighted by molar-refractivity contribution is -0.134. The molecule has 32 heavy (non-hydrogen) atoms. The van der Waals surface area contributed by atoms with Crippen LogP contribution >= 0.6 is 0 Å². The molecular weight excluding hydrogens is 406 g/mol. The lowest BCUT2D eigenvalue weighted by Gasteiger charge is -2.26. The van der Waals surface area contributed by atoms with Gasteiger partial charge in [-0.25, -0.2) is 0 Å². The molecule has 3 N–H and O–H groups in total. The van der Waals surface area contributed by atoms with E-state index in [-0.39, 0.29) is 18.4 Å². The standard InChI is InChI=1S/C25H31N3O4/c29-23(16-26-22-14-20-3-1-2-4-21(20)15-22)17-27-25(31)19-7-5-18(6-8-19)13-24(30)28-9-11-32-12-10-28/h1-8,22-23,26,29H,9-17H2,(H,27,31). The maximum Gasteiger partial charge on any atom is 0.251 e. The number of aliphatic hydroxyl groups is 1. The summed E-state index contributed by atoms with van der Waals surface area (Å²) in [7, 11) is 0. The van der Waals surface area contributed by atoms with E-state index in [9.17, 15) is 14.7 Å². The van der Waals surface area contributed by atoms with Gasteiger partial charge in [-0.3, -0.25) is 9.59 Å². The van der Waals surface area contributed by atoms with Gasteiger partial charge in [-0.2, -0.15) is 0 Å². The monoisotopic (exact) mass is 437 g/mol. The Bertz CT molecular complexity index is 900. The van der Waals surface area contributed by atoms with E-state index in [1.165, 1.54) is 11.1 Å². The molecule has 1 atom stereocenters. The van der Waals surface area contributed by atoms with E-state index in [0.717, 1.165) is 18.4 Å². The molecule has 2 aromatic carbocycles. The van der Waals surface area contributed by atoms with Crippen LogP contribution in [0.25, 0.3) is 0 Å². The van der Waals surface area contributed by atoms with E-state index in [1.54, 1.807) is 12.1 Å². The number of hydrogen-bond acceptors (Lipinski definition) is 5. The highest BCUT2D eigenvalue weighted by atomic mass is 16.5. The zero-order valence-electron chi connectivity index (χ0n) is 18.3. The molecule has 4 rings (SSSR count). The Morgan fingerprint density at radius 1 is 1.00 bits per heavy atom. The average molecular weight is 438 g/mol. The third-order valence-electron chi connectivity index (χ3n) is 6.13. The van der Waals surface area contributed by atoms with E-state index in [1.807, 2.05) is 17.0 Å². The minimum atomic E-state index is -0.659. The van der Waals surface area contributed by atoms with Gasteiger partial charge < -0.3 is 25.4 Å². The molecule has 1 unspecified atom stereocenters. The molecule has 0 bridgehead atoms. The highest BCUT2D eigenvalue weighted by Crippen LogP contribution is 2.21. The third-order valence-corrected chi connectivity index (χ3v) is 6.13. The Balaban J connectivity index is 1.17. The molecular formula is C25H31N3O4. The summed E-state index contributed by atoms with van der Waals surface area (Å²) in [4.78, 5) is 26.6. The van der Waals surface area contributed by atoms with E-state index >= 15 is 0 Å². The number of amides is 2. The van der Waals surface area contributed by atoms with E-state index < -0.39 is 6.10 Å². The molecule has 1 heterocycles. The van der Waals surface area contributed by atoms with Crippen LogP contribution in [0.5, 0.6) is 0 Å². The topological polar surface area (TPSA) is 90.9 Å². The first-order valence-corrected chi connectivity index (χ1v) is 11.3. The molecule has 0 radical (unpaired) electrons. The van der Waals surface area contributed by atoms with Gasteiger partial charge in [0.2, 0.25) is 5.91 Å². The van der Waals surface area contributed by atoms with Gasteiger partial charge in [0.1, 0.15) is 0 Å². The number of benzene rings is 2. The lowest BCUT2D eigenvalue weighted by Crippen LogP contribution is -2.41. The second-order valence-electron chi connectivity index (χ2n) is 8.51. The molecule has 0 saturated carbocycles. The SMILES string of the molecule is O=C(NCC(O)CNC1Cc2ccccc2C1)c1ccc(CC(=O)N2CCOCC2)cc1. The number of fused-ring (bicyclic) bond motifs is 1. The average Bonchev–Trinajstić information content (AvgIpc) is 3.25. The number of morpholine rings is 1. The van der Waals surface area contributed by atoms with Crippen molar-refractivity contribution in [3.63, 3.8) is 0 Å². The molecule has 2 aliphatic rings. The van der Waals surface area contributed by atoms with Crippen LogP contribution in [-0.2, 0) is 28.8 Å². The second-order valence-corrected chi connectivity index (χ2v) is 8.51. The van der Waals surface area contributed by atoms with Gasteiger partial charge in [0.05, 0.1) is 25.7 Å². The Kier molecular flexibility index (Phi) is 7.52. The summed E-state index contributed by atoms with van der Waals surface area (Å²) in [5.41, 5.74) is 4.12. The number of carbonyl (C=O) groups is 2. The zero-order chi connectivity index (χ0) is 22.3. The van der Waals surface area contributed by atoms with Crippen LogP contribution in [0.15, 0.2) is 48.5 Å². The van der Waals surface area contributed by atoms with E-state index in [0.29, 0.717) is 50.9 Å². The van der Waals surface area contributed by atoms with Crippen molar-refractivity contribution in [1.29, 1.82) is 0 Å². The quantitative estimate of drug-likeness (QED) is 0.572. The van der Waals surface area contributed by atoms with Crippen LogP contribution in [0.3, 0.4) is 0 Å². The molecule has 1 aliphatic heterocycles. The first-order valence-electron chi connectivity index (χ1n) is 11.3. The summed E-state index contributed by atoms with van der Waals surface area (Å²) in [6.07, 6.45) is 1.59. The van der Waals surface area contributed by atoms with Gasteiger partial charge in [-0.1, -0.05) is 36.4 Å². The minimum absolute atomic E-state index is 0.0754. The Hall–Kier alpha value is -2.74. The van der Waals surface area contributed by atoms with Crippen molar-refractivity contribution in [2.45, 2.75) is 31.4 Å². The fourth-order valence-corrected chi connectivity index (χ4v) is 4.26. The summed E-state index contributed by atoms with van der Waals surface area (Å²) in [6, 6.07) is 15.8. The van der Waals surface area contributed by atoms with Crippen LogP contribution < -0.4 is 10.6 Å². The maximum atomic E-state index is 12.4. The highest BCUT2D eigenvalue weighted by molar-refractivity contribution is 5.94. The Morgan fingerprint density at radius 3 is 2.31 bits per heavy atom. The normalized spacial score (nSPS) is 17.1. The lowest BCUT2D eigenvalue weighted by atomic mass is 10.1. The highest BCUT2D eigenvalue weighted by Gasteiger charge is 2.21. The van der Waals surface area contributed by atoms with Gasteiger partial charge in [-0.15, -0.1) is 0 Å². The number of nitrogens with one attached hydrogen (secondary N) is 2. The van der Waals surface area contributed by atoms with Crippen LogP contribution in [-0.4, -0.2) is 73.4 Å². The molecule has 2 aromatic rings. The molecule has 1 aliphatic carbocycles. The van der Waals surface area contributed by atoms with Crippen LogP contribution in [0, 0.1) is 0 Å². The summed E-state index contributed by atoms with van der Waals surface area (Å²) in [5.74, 6) is -0.158. The molecule has 170 valence electrons. The fraction of sp³-hybridized carbons (Fsp3) is 0.440. The number of hydrogen-bond donors (Lipinski definition) is 3. The first-order chi connectivity index (χ1) is 15.6. The van der Waals surface area contributed by atoms with Gasteiger partial charge in [0, 0.05) is 37.8 Å². The smallest absolute Gasteiger partial charge is 0.251 e. The summed E-state index contributed by atoms with van der Waals surface area (Å²) in [6.45, 7) is 3.04. The van der Waals surface area contributed by atoms with Crippen molar-refractivity contribution in [2.75, 3.05) is 39.4 Å². The number of carbonyl (C=O) groups excluding carboxylic acids is 2. The second kappa shape index (κ2) is 10.7. The van der Waals surface area contributed by atoms with Crippen molar-refractivity contribution in [3.8, 4) is 0 Å². The summed E-state index contributed by atoms with van der Waals surface area (Å²) in [5, 5.41) is 16.4. The minimum Gasteiger partial charge on any atom is -0.390 e. The fourth-order valence-electron chi connectivity index (χ4n) is 4.26. The molecule has 7 nitrogen and oxygen atoms in total. The van der Waals surface area contributed by atoms with Crippen molar-refractivity contribution < 1.29 is 19.4 Å². The van der Waals surface area contributed by atoms with Gasteiger partial charge in [-0.05, 0) is 41.7 Å². The molecule has 0 spiro atoms. The number of rotatable bonds is 8. The van der Waals surface area contributed by atoms with Crippen molar-refractivity contribution in [1.82, 2.24) is 15.5 Å². The maximum absolute atomic E-state index is 12.4. The Morgan fingerprint density at radius 2 is 1.66 bits per heavy atom. The zero-order valence-corrected chi connectivity index (χ0v) is 18.3. The van der Waals surface area contributed by atoms with Crippen molar-refractivity contribution >= 4 is 11.8 Å². The van der Waals surface area contributed by atoms with Gasteiger partial charge in [0.25, 0.3) is 5.91 Å². The molecule has 0 aromatic heterocycles.